The summed E-state index contributed by atoms with van der Waals surface area (Å²) in [5.41, 5.74) is 2.99. The zero-order valence-electron chi connectivity index (χ0n) is 18.0. The van der Waals surface area contributed by atoms with Crippen molar-refractivity contribution in [2.45, 2.75) is 44.9 Å². The van der Waals surface area contributed by atoms with E-state index >= 15 is 0 Å². The van der Waals surface area contributed by atoms with Crippen LogP contribution < -0.4 is 10.1 Å². The monoisotopic (exact) mass is 447 g/mol. The first kappa shape index (κ1) is 20.6. The summed E-state index contributed by atoms with van der Waals surface area (Å²) in [6, 6.07) is 15.8. The van der Waals surface area contributed by atoms with Crippen molar-refractivity contribution in [3.05, 3.63) is 59.9 Å². The molecule has 4 aromatic rings. The van der Waals surface area contributed by atoms with Crippen molar-refractivity contribution in [1.29, 1.82) is 0 Å². The van der Waals surface area contributed by atoms with E-state index < -0.39 is 0 Å². The van der Waals surface area contributed by atoms with Crippen molar-refractivity contribution < 1.29 is 9.53 Å². The van der Waals surface area contributed by atoms with Crippen molar-refractivity contribution in [1.82, 2.24) is 19.8 Å². The Bertz CT molecular complexity index is 1220. The highest BCUT2D eigenvalue weighted by atomic mass is 32.1. The molecule has 8 heteroatoms. The maximum Gasteiger partial charge on any atom is 0.262 e. The van der Waals surface area contributed by atoms with E-state index in [1.807, 2.05) is 43.3 Å². The molecular formula is C24H25N5O2S. The van der Waals surface area contributed by atoms with Crippen LogP contribution >= 0.6 is 11.3 Å². The van der Waals surface area contributed by atoms with Crippen LogP contribution in [0.1, 0.15) is 49.4 Å². The minimum atomic E-state index is -0.201. The third-order valence-corrected chi connectivity index (χ3v) is 6.81. The molecule has 5 rings (SSSR count). The molecule has 2 aromatic heterocycles. The first-order valence-corrected chi connectivity index (χ1v) is 11.8. The van der Waals surface area contributed by atoms with Gasteiger partial charge in [-0.2, -0.15) is 9.61 Å². The van der Waals surface area contributed by atoms with Gasteiger partial charge < -0.3 is 10.1 Å². The lowest BCUT2D eigenvalue weighted by Crippen LogP contribution is -2.20. The molecule has 0 spiro atoms. The van der Waals surface area contributed by atoms with Crippen LogP contribution in [0.5, 0.6) is 5.75 Å². The number of nitrogens with one attached hydrogen (secondary N) is 1. The Morgan fingerprint density at radius 1 is 1.12 bits per heavy atom. The van der Waals surface area contributed by atoms with Gasteiger partial charge >= 0.3 is 0 Å². The molecule has 2 aromatic carbocycles. The summed E-state index contributed by atoms with van der Waals surface area (Å²) < 4.78 is 7.42. The molecule has 1 aliphatic rings. The zero-order valence-corrected chi connectivity index (χ0v) is 18.8. The molecule has 2 heterocycles. The second-order valence-electron chi connectivity index (χ2n) is 8.17. The molecule has 1 aliphatic carbocycles. The van der Waals surface area contributed by atoms with Gasteiger partial charge in [-0.25, -0.2) is 0 Å². The van der Waals surface area contributed by atoms with E-state index in [4.69, 9.17) is 4.74 Å². The van der Waals surface area contributed by atoms with E-state index in [9.17, 15) is 4.79 Å². The van der Waals surface area contributed by atoms with E-state index in [1.165, 1.54) is 49.0 Å². The fourth-order valence-electron chi connectivity index (χ4n) is 4.18. The average molecular weight is 448 g/mol. The second kappa shape index (κ2) is 9.08. The molecule has 0 radical (unpaired) electrons. The predicted octanol–water partition coefficient (Wildman–Crippen LogP) is 5.23. The average Bonchev–Trinajstić information content (AvgIpc) is 3.41. The zero-order chi connectivity index (χ0) is 21.9. The Labute approximate surface area is 190 Å². The van der Waals surface area contributed by atoms with Crippen LogP contribution in [0.2, 0.25) is 0 Å². The number of hydrogen-bond acceptors (Lipinski definition) is 6. The fourth-order valence-corrected chi connectivity index (χ4v) is 5.06. The molecule has 0 atom stereocenters. The molecule has 1 N–H and O–H groups in total. The van der Waals surface area contributed by atoms with Gasteiger partial charge in [0, 0.05) is 11.3 Å². The van der Waals surface area contributed by atoms with Gasteiger partial charge in [-0.15, -0.1) is 10.2 Å². The summed E-state index contributed by atoms with van der Waals surface area (Å²) >= 11 is 1.46. The van der Waals surface area contributed by atoms with Gasteiger partial charge in [-0.1, -0.05) is 54.9 Å². The van der Waals surface area contributed by atoms with E-state index in [2.05, 4.69) is 32.7 Å². The highest BCUT2D eigenvalue weighted by Crippen LogP contribution is 2.33. The van der Waals surface area contributed by atoms with Crippen LogP contribution in [-0.4, -0.2) is 32.3 Å². The van der Waals surface area contributed by atoms with Gasteiger partial charge in [0.2, 0.25) is 4.96 Å². The number of benzene rings is 2. The van der Waals surface area contributed by atoms with Crippen LogP contribution in [0.4, 0.5) is 5.69 Å². The van der Waals surface area contributed by atoms with Crippen LogP contribution in [0, 0.1) is 6.92 Å². The lowest BCUT2D eigenvalue weighted by molar-refractivity contribution is -0.118. The van der Waals surface area contributed by atoms with Crippen LogP contribution in [-0.2, 0) is 4.79 Å². The van der Waals surface area contributed by atoms with Crippen molar-refractivity contribution in [2.75, 3.05) is 11.9 Å². The number of anilines is 1. The van der Waals surface area contributed by atoms with Crippen molar-refractivity contribution in [3.63, 3.8) is 0 Å². The highest BCUT2D eigenvalue weighted by Gasteiger charge is 2.15. The SMILES string of the molecule is Cc1nnc2sc(-c3cccc(NC(=O)COc4ccc(C5CCCCC5)cc4)c3)nn12. The summed E-state index contributed by atoms with van der Waals surface area (Å²) in [4.78, 5) is 13.2. The molecule has 7 nitrogen and oxygen atoms in total. The van der Waals surface area contributed by atoms with Crippen LogP contribution in [0.25, 0.3) is 15.5 Å². The molecule has 0 saturated heterocycles. The Kier molecular flexibility index (Phi) is 5.85. The summed E-state index contributed by atoms with van der Waals surface area (Å²) in [5.74, 6) is 1.92. The Morgan fingerprint density at radius 2 is 1.94 bits per heavy atom. The normalized spacial score (nSPS) is 14.5. The van der Waals surface area contributed by atoms with Crippen LogP contribution in [0.3, 0.4) is 0 Å². The Hall–Kier alpha value is -3.26. The van der Waals surface area contributed by atoms with Gasteiger partial charge in [0.15, 0.2) is 12.4 Å². The van der Waals surface area contributed by atoms with Gasteiger partial charge in [0.1, 0.15) is 10.8 Å². The molecule has 0 bridgehead atoms. The number of hydrogen-bond donors (Lipinski definition) is 1. The highest BCUT2D eigenvalue weighted by molar-refractivity contribution is 7.19. The number of ether oxygens (including phenoxy) is 1. The lowest BCUT2D eigenvalue weighted by Gasteiger charge is -2.22. The predicted molar refractivity (Wildman–Crippen MR) is 125 cm³/mol. The van der Waals surface area contributed by atoms with E-state index in [1.54, 1.807) is 4.52 Å². The maximum atomic E-state index is 12.4. The quantitative estimate of drug-likeness (QED) is 0.438. The first-order valence-electron chi connectivity index (χ1n) is 11.0. The number of nitrogens with zero attached hydrogens (tertiary/aromatic N) is 4. The number of rotatable bonds is 6. The van der Waals surface area contributed by atoms with Gasteiger partial charge in [0.25, 0.3) is 5.91 Å². The number of carbonyl (C=O) groups excluding carboxylic acids is 1. The lowest BCUT2D eigenvalue weighted by atomic mass is 9.84. The second-order valence-corrected chi connectivity index (χ2v) is 9.13. The third kappa shape index (κ3) is 4.50. The minimum Gasteiger partial charge on any atom is -0.484 e. The molecule has 1 fully saturated rings. The molecule has 0 unspecified atom stereocenters. The third-order valence-electron chi connectivity index (χ3n) is 5.87. The Morgan fingerprint density at radius 3 is 2.72 bits per heavy atom. The number of amides is 1. The van der Waals surface area contributed by atoms with Gasteiger partial charge in [-0.05, 0) is 55.5 Å². The molecule has 1 saturated carbocycles. The first-order chi connectivity index (χ1) is 15.7. The minimum absolute atomic E-state index is 0.0387. The van der Waals surface area contributed by atoms with E-state index in [0.29, 0.717) is 17.4 Å². The molecule has 1 amide bonds. The molecule has 0 aliphatic heterocycles. The summed E-state index contributed by atoms with van der Waals surface area (Å²) in [7, 11) is 0. The maximum absolute atomic E-state index is 12.4. The summed E-state index contributed by atoms with van der Waals surface area (Å²) in [5, 5.41) is 16.4. The summed E-state index contributed by atoms with van der Waals surface area (Å²) in [6.07, 6.45) is 6.53. The Balaban J connectivity index is 1.18. The van der Waals surface area contributed by atoms with Crippen molar-refractivity contribution >= 4 is 27.9 Å². The molecular weight excluding hydrogens is 422 g/mol. The van der Waals surface area contributed by atoms with Gasteiger partial charge in [0.05, 0.1) is 0 Å². The van der Waals surface area contributed by atoms with Crippen molar-refractivity contribution in [3.8, 4) is 16.3 Å². The summed E-state index contributed by atoms with van der Waals surface area (Å²) in [6.45, 7) is 1.83. The topological polar surface area (TPSA) is 81.4 Å². The van der Waals surface area contributed by atoms with Crippen molar-refractivity contribution in [2.24, 2.45) is 0 Å². The number of carbonyl (C=O) groups is 1. The number of aromatic nitrogens is 4. The number of aryl methyl sites for hydroxylation is 1. The fraction of sp³-hybridized carbons (Fsp3) is 0.333. The largest absolute Gasteiger partial charge is 0.484 e. The van der Waals surface area contributed by atoms with E-state index in [0.717, 1.165) is 21.4 Å². The molecule has 164 valence electrons. The number of fused-ring (bicyclic) bond motifs is 1. The standard InChI is InChI=1S/C24H25N5O2S/c1-16-26-27-24-29(16)28-23(32-24)19-8-5-9-20(14-19)25-22(30)15-31-21-12-10-18(11-13-21)17-6-3-2-4-7-17/h5,8-14,17H,2-4,6-7,15H2,1H3,(H,25,30). The van der Waals surface area contributed by atoms with E-state index in [-0.39, 0.29) is 12.5 Å². The molecule has 32 heavy (non-hydrogen) atoms. The van der Waals surface area contributed by atoms with Gasteiger partial charge in [-0.3, -0.25) is 4.79 Å². The van der Waals surface area contributed by atoms with Crippen LogP contribution in [0.15, 0.2) is 48.5 Å². The smallest absolute Gasteiger partial charge is 0.262 e.